The molecule has 1 aromatic heterocycles. The maximum Gasteiger partial charge on any atom is 0.338 e. The molecule has 0 radical (unpaired) electrons. The van der Waals surface area contributed by atoms with Crippen molar-refractivity contribution in [2.75, 3.05) is 13.7 Å². The van der Waals surface area contributed by atoms with Crippen LogP contribution in [0.4, 0.5) is 4.79 Å². The Morgan fingerprint density at radius 3 is 2.56 bits per heavy atom. The largest absolute Gasteiger partial charge is 0.465 e. The summed E-state index contributed by atoms with van der Waals surface area (Å²) in [6.45, 7) is 0.368. The number of carbonyl (C=O) groups is 3. The number of benzene rings is 2. The Morgan fingerprint density at radius 2 is 1.78 bits per heavy atom. The molecule has 3 aromatic rings. The zero-order chi connectivity index (χ0) is 22.5. The van der Waals surface area contributed by atoms with Gasteiger partial charge in [-0.05, 0) is 48.4 Å². The van der Waals surface area contributed by atoms with Crippen molar-refractivity contribution in [3.63, 3.8) is 0 Å². The third-order valence-electron chi connectivity index (χ3n) is 5.06. The Labute approximate surface area is 189 Å². The van der Waals surface area contributed by atoms with E-state index in [9.17, 15) is 14.4 Å². The highest BCUT2D eigenvalue weighted by Crippen LogP contribution is 2.34. The highest BCUT2D eigenvalue weighted by Gasteiger charge is 2.34. The number of hydrogen-bond donors (Lipinski definition) is 0. The van der Waals surface area contributed by atoms with Crippen LogP contribution in [0.25, 0.3) is 17.4 Å². The summed E-state index contributed by atoms with van der Waals surface area (Å²) in [7, 11) is 1.32. The number of esters is 1. The molecular formula is C25H21NO5S. The predicted molar refractivity (Wildman–Crippen MR) is 123 cm³/mol. The normalized spacial score (nSPS) is 14.9. The van der Waals surface area contributed by atoms with Gasteiger partial charge < -0.3 is 9.15 Å². The molecule has 1 saturated heterocycles. The van der Waals surface area contributed by atoms with E-state index in [0.29, 0.717) is 40.5 Å². The smallest absolute Gasteiger partial charge is 0.338 e. The van der Waals surface area contributed by atoms with Crippen molar-refractivity contribution in [2.45, 2.75) is 12.8 Å². The minimum absolute atomic E-state index is 0.280. The molecule has 2 heterocycles. The number of hydrogen-bond acceptors (Lipinski definition) is 6. The highest BCUT2D eigenvalue weighted by atomic mass is 32.2. The first-order valence-corrected chi connectivity index (χ1v) is 11.0. The lowest BCUT2D eigenvalue weighted by Crippen LogP contribution is -2.29. The van der Waals surface area contributed by atoms with Crippen LogP contribution in [0.2, 0.25) is 0 Å². The summed E-state index contributed by atoms with van der Waals surface area (Å²) in [5.74, 6) is 0.116. The number of carbonyl (C=O) groups excluding carboxylic acids is 3. The number of ether oxygens (including phenoxy) is 1. The van der Waals surface area contributed by atoms with Gasteiger partial charge in [0.15, 0.2) is 0 Å². The molecule has 0 spiro atoms. The lowest BCUT2D eigenvalue weighted by molar-refractivity contribution is -0.122. The van der Waals surface area contributed by atoms with Crippen LogP contribution >= 0.6 is 11.8 Å². The Hall–Kier alpha value is -3.58. The van der Waals surface area contributed by atoms with Crippen molar-refractivity contribution >= 4 is 35.0 Å². The number of nitrogens with zero attached hydrogens (tertiary/aromatic N) is 1. The maximum atomic E-state index is 12.7. The molecule has 0 unspecified atom stereocenters. The van der Waals surface area contributed by atoms with Crippen LogP contribution in [0.5, 0.6) is 0 Å². The van der Waals surface area contributed by atoms with Crippen LogP contribution in [-0.2, 0) is 16.0 Å². The average Bonchev–Trinajstić information content (AvgIpc) is 3.39. The van der Waals surface area contributed by atoms with Crippen molar-refractivity contribution in [1.29, 1.82) is 0 Å². The van der Waals surface area contributed by atoms with Crippen molar-refractivity contribution < 1.29 is 23.5 Å². The van der Waals surface area contributed by atoms with E-state index < -0.39 is 5.97 Å². The van der Waals surface area contributed by atoms with E-state index >= 15 is 0 Å². The maximum absolute atomic E-state index is 12.7. The fourth-order valence-corrected chi connectivity index (χ4v) is 4.31. The number of furan rings is 1. The Kier molecular flexibility index (Phi) is 6.56. The Bertz CT molecular complexity index is 1180. The first-order valence-electron chi connectivity index (χ1n) is 10.1. The van der Waals surface area contributed by atoms with Gasteiger partial charge in [0.25, 0.3) is 11.1 Å². The first kappa shape index (κ1) is 21.6. The van der Waals surface area contributed by atoms with Crippen molar-refractivity contribution in [3.8, 4) is 11.3 Å². The highest BCUT2D eigenvalue weighted by molar-refractivity contribution is 8.18. The summed E-state index contributed by atoms with van der Waals surface area (Å²) in [4.78, 5) is 38.7. The molecule has 0 atom stereocenters. The lowest BCUT2D eigenvalue weighted by Gasteiger charge is -2.11. The quantitative estimate of drug-likeness (QED) is 0.356. The molecule has 1 fully saturated rings. The summed E-state index contributed by atoms with van der Waals surface area (Å²) in [6.07, 6.45) is 3.06. The van der Waals surface area contributed by atoms with Crippen LogP contribution in [0.1, 0.15) is 28.1 Å². The van der Waals surface area contributed by atoms with E-state index in [1.807, 2.05) is 30.3 Å². The van der Waals surface area contributed by atoms with Gasteiger partial charge in [0, 0.05) is 18.2 Å². The average molecular weight is 448 g/mol. The van der Waals surface area contributed by atoms with Crippen LogP contribution in [0.3, 0.4) is 0 Å². The van der Waals surface area contributed by atoms with Crippen LogP contribution in [0, 0.1) is 0 Å². The second kappa shape index (κ2) is 9.70. The number of amides is 2. The number of imide groups is 1. The van der Waals surface area contributed by atoms with Crippen LogP contribution in [-0.4, -0.2) is 35.7 Å². The fourth-order valence-electron chi connectivity index (χ4n) is 3.47. The Balaban J connectivity index is 1.46. The summed E-state index contributed by atoms with van der Waals surface area (Å²) >= 11 is 0.904. The molecule has 1 aliphatic rings. The van der Waals surface area contributed by atoms with E-state index in [0.717, 1.165) is 18.2 Å². The molecule has 0 aliphatic carbocycles. The van der Waals surface area contributed by atoms with Gasteiger partial charge >= 0.3 is 5.97 Å². The van der Waals surface area contributed by atoms with Gasteiger partial charge in [-0.3, -0.25) is 14.5 Å². The van der Waals surface area contributed by atoms with E-state index in [-0.39, 0.29) is 11.1 Å². The molecule has 0 bridgehead atoms. The minimum Gasteiger partial charge on any atom is -0.465 e. The van der Waals surface area contributed by atoms with Crippen LogP contribution in [0.15, 0.2) is 76.1 Å². The standard InChI is InChI=1S/C25H21NO5S/c1-30-24(28)20-12-6-5-11-19(20)21-14-13-18(31-21)16-22-23(27)26(25(29)32-22)15-7-10-17-8-3-2-4-9-17/h2-6,8-9,11-14,16H,7,10,15H2,1H3/b22-16+. The number of rotatable bonds is 7. The lowest BCUT2D eigenvalue weighted by atomic mass is 10.1. The fraction of sp³-hybridized carbons (Fsp3) is 0.160. The molecular weight excluding hydrogens is 426 g/mol. The number of thioether (sulfide) groups is 1. The molecule has 4 rings (SSSR count). The molecule has 2 aromatic carbocycles. The molecule has 0 saturated carbocycles. The summed E-state index contributed by atoms with van der Waals surface area (Å²) < 4.78 is 10.7. The van der Waals surface area contributed by atoms with Gasteiger partial charge in [-0.15, -0.1) is 0 Å². The van der Waals surface area contributed by atoms with Gasteiger partial charge in [0.1, 0.15) is 11.5 Å². The molecule has 7 heteroatoms. The molecule has 32 heavy (non-hydrogen) atoms. The number of methoxy groups -OCH3 is 1. The second-order valence-electron chi connectivity index (χ2n) is 7.16. The van der Waals surface area contributed by atoms with E-state index in [1.54, 1.807) is 42.5 Å². The SMILES string of the molecule is COC(=O)c1ccccc1-c1ccc(/C=C2/SC(=O)N(CCCc3ccccc3)C2=O)o1. The monoisotopic (exact) mass is 447 g/mol. The molecule has 1 aliphatic heterocycles. The Morgan fingerprint density at radius 1 is 1.03 bits per heavy atom. The third-order valence-corrected chi connectivity index (χ3v) is 5.97. The van der Waals surface area contributed by atoms with Gasteiger partial charge in [0.2, 0.25) is 0 Å². The molecule has 6 nitrogen and oxygen atoms in total. The van der Waals surface area contributed by atoms with Gasteiger partial charge in [-0.1, -0.05) is 48.5 Å². The molecule has 2 amide bonds. The topological polar surface area (TPSA) is 76.8 Å². The summed E-state index contributed by atoms with van der Waals surface area (Å²) in [6, 6.07) is 20.3. The molecule has 0 N–H and O–H groups in total. The predicted octanol–water partition coefficient (Wildman–Crippen LogP) is 5.40. The second-order valence-corrected chi connectivity index (χ2v) is 8.15. The van der Waals surface area contributed by atoms with E-state index in [1.165, 1.54) is 17.6 Å². The van der Waals surface area contributed by atoms with Gasteiger partial charge in [-0.2, -0.15) is 0 Å². The van der Waals surface area contributed by atoms with Crippen molar-refractivity contribution in [1.82, 2.24) is 4.90 Å². The minimum atomic E-state index is -0.463. The third kappa shape index (κ3) is 4.68. The van der Waals surface area contributed by atoms with E-state index in [2.05, 4.69) is 0 Å². The number of aryl methyl sites for hydroxylation is 1. The van der Waals surface area contributed by atoms with Crippen molar-refractivity contribution in [2.24, 2.45) is 0 Å². The summed E-state index contributed by atoms with van der Waals surface area (Å²) in [5.41, 5.74) is 2.15. The molecule has 162 valence electrons. The van der Waals surface area contributed by atoms with Crippen molar-refractivity contribution in [3.05, 3.63) is 88.5 Å². The van der Waals surface area contributed by atoms with Crippen LogP contribution < -0.4 is 0 Å². The first-order chi connectivity index (χ1) is 15.6. The van der Waals surface area contributed by atoms with E-state index in [4.69, 9.17) is 9.15 Å². The van der Waals surface area contributed by atoms with Gasteiger partial charge in [0.05, 0.1) is 17.6 Å². The zero-order valence-corrected chi connectivity index (χ0v) is 18.3. The zero-order valence-electron chi connectivity index (χ0n) is 17.4. The summed E-state index contributed by atoms with van der Waals surface area (Å²) in [5, 5.41) is -0.280. The van der Waals surface area contributed by atoms with Gasteiger partial charge in [-0.25, -0.2) is 4.79 Å².